The molecule has 0 bridgehead atoms. The molecule has 30 heavy (non-hydrogen) atoms. The monoisotopic (exact) mass is 433 g/mol. The molecule has 9 nitrogen and oxygen atoms in total. The average molecular weight is 434 g/mol. The first-order valence-electron chi connectivity index (χ1n) is 10.2. The molecule has 2 fully saturated rings. The Morgan fingerprint density at radius 3 is 3.07 bits per heavy atom. The van der Waals surface area contributed by atoms with Crippen LogP contribution in [0.25, 0.3) is 0 Å². The molecular weight excluding hydrogens is 406 g/mol. The van der Waals surface area contributed by atoms with E-state index in [2.05, 4.69) is 25.5 Å². The number of likely N-dealkylation sites (tertiary alicyclic amines) is 1. The number of carbonyl (C=O) groups is 2. The highest BCUT2D eigenvalue weighted by molar-refractivity contribution is 7.11. The number of thiazole rings is 1. The maximum Gasteiger partial charge on any atom is 0.337 e. The van der Waals surface area contributed by atoms with Crippen molar-refractivity contribution < 1.29 is 19.1 Å². The number of esters is 1. The maximum absolute atomic E-state index is 12.5. The third kappa shape index (κ3) is 3.99. The van der Waals surface area contributed by atoms with Gasteiger partial charge in [-0.3, -0.25) is 14.7 Å². The van der Waals surface area contributed by atoms with Gasteiger partial charge in [0.1, 0.15) is 0 Å². The molecule has 4 heterocycles. The number of amidine groups is 1. The van der Waals surface area contributed by atoms with Crippen molar-refractivity contribution >= 4 is 29.0 Å². The predicted molar refractivity (Wildman–Crippen MR) is 112 cm³/mol. The van der Waals surface area contributed by atoms with Crippen LogP contribution < -0.4 is 10.6 Å². The second-order valence-electron chi connectivity index (χ2n) is 7.87. The van der Waals surface area contributed by atoms with E-state index in [-0.39, 0.29) is 29.8 Å². The molecule has 1 aromatic heterocycles. The molecule has 0 saturated carbocycles. The van der Waals surface area contributed by atoms with Crippen molar-refractivity contribution in [3.63, 3.8) is 0 Å². The van der Waals surface area contributed by atoms with E-state index >= 15 is 0 Å². The number of carbonyl (C=O) groups excluding carboxylic acids is 2. The van der Waals surface area contributed by atoms with Gasteiger partial charge < -0.3 is 20.1 Å². The Hall–Kier alpha value is -2.30. The SMILES string of the molecule is CCOC(=O)C1=C(CN2CCC3C(=O)NCC3(COC)C2)NC(c2nccs2)=NC1. The highest BCUT2D eigenvalue weighted by Crippen LogP contribution is 2.39. The lowest BCUT2D eigenvalue weighted by Gasteiger charge is -2.43. The fourth-order valence-electron chi connectivity index (χ4n) is 4.58. The van der Waals surface area contributed by atoms with Crippen LogP contribution in [0.3, 0.4) is 0 Å². The van der Waals surface area contributed by atoms with Gasteiger partial charge in [-0.25, -0.2) is 9.78 Å². The summed E-state index contributed by atoms with van der Waals surface area (Å²) in [6.45, 7) is 5.54. The zero-order valence-electron chi connectivity index (χ0n) is 17.3. The van der Waals surface area contributed by atoms with Crippen molar-refractivity contribution in [1.82, 2.24) is 20.5 Å². The van der Waals surface area contributed by atoms with Crippen molar-refractivity contribution in [1.29, 1.82) is 0 Å². The summed E-state index contributed by atoms with van der Waals surface area (Å²) in [6, 6.07) is 0. The van der Waals surface area contributed by atoms with Gasteiger partial charge in [-0.2, -0.15) is 0 Å². The van der Waals surface area contributed by atoms with Gasteiger partial charge in [0.2, 0.25) is 5.91 Å². The van der Waals surface area contributed by atoms with Crippen LogP contribution in [0.2, 0.25) is 0 Å². The van der Waals surface area contributed by atoms with Crippen LogP contribution in [0.15, 0.2) is 27.8 Å². The molecule has 2 atom stereocenters. The van der Waals surface area contributed by atoms with Crippen LogP contribution in [0.5, 0.6) is 0 Å². The zero-order chi connectivity index (χ0) is 21.1. The first-order valence-corrected chi connectivity index (χ1v) is 11.0. The number of piperidine rings is 1. The van der Waals surface area contributed by atoms with E-state index in [1.807, 2.05) is 5.38 Å². The molecule has 2 N–H and O–H groups in total. The van der Waals surface area contributed by atoms with Gasteiger partial charge in [0.15, 0.2) is 10.8 Å². The summed E-state index contributed by atoms with van der Waals surface area (Å²) in [6.07, 6.45) is 2.50. The van der Waals surface area contributed by atoms with Crippen LogP contribution in [0, 0.1) is 11.3 Å². The lowest BCUT2D eigenvalue weighted by atomic mass is 9.73. The molecular formula is C20H27N5O4S. The number of aromatic nitrogens is 1. The Morgan fingerprint density at radius 2 is 2.33 bits per heavy atom. The van der Waals surface area contributed by atoms with E-state index in [4.69, 9.17) is 9.47 Å². The quantitative estimate of drug-likeness (QED) is 0.600. The van der Waals surface area contributed by atoms with Crippen LogP contribution in [-0.4, -0.2) is 80.6 Å². The second-order valence-corrected chi connectivity index (χ2v) is 8.76. The lowest BCUT2D eigenvalue weighted by Crippen LogP contribution is -2.53. The smallest absolute Gasteiger partial charge is 0.337 e. The first kappa shape index (κ1) is 21.0. The van der Waals surface area contributed by atoms with Crippen LogP contribution >= 0.6 is 11.3 Å². The van der Waals surface area contributed by atoms with Crippen molar-refractivity contribution in [3.8, 4) is 0 Å². The molecule has 3 aliphatic rings. The lowest BCUT2D eigenvalue weighted by molar-refractivity contribution is -0.138. The van der Waals surface area contributed by atoms with Crippen molar-refractivity contribution in [2.45, 2.75) is 13.3 Å². The molecule has 1 aromatic rings. The summed E-state index contributed by atoms with van der Waals surface area (Å²) in [5.41, 5.74) is 1.09. The van der Waals surface area contributed by atoms with Crippen molar-refractivity contribution in [2.75, 3.05) is 53.0 Å². The number of rotatable bonds is 7. The normalized spacial score (nSPS) is 26.7. The summed E-state index contributed by atoms with van der Waals surface area (Å²) < 4.78 is 10.7. The Morgan fingerprint density at radius 1 is 1.47 bits per heavy atom. The maximum atomic E-state index is 12.5. The topological polar surface area (TPSA) is 105 Å². The number of methoxy groups -OCH3 is 1. The van der Waals surface area contributed by atoms with E-state index in [9.17, 15) is 9.59 Å². The summed E-state index contributed by atoms with van der Waals surface area (Å²) in [5.74, 6) is 0.416. The number of nitrogens with one attached hydrogen (secondary N) is 2. The van der Waals surface area contributed by atoms with Crippen LogP contribution in [0.1, 0.15) is 18.4 Å². The van der Waals surface area contributed by atoms with Crippen molar-refractivity contribution in [3.05, 3.63) is 27.9 Å². The molecule has 0 radical (unpaired) electrons. The molecule has 0 aliphatic carbocycles. The molecule has 162 valence electrons. The van der Waals surface area contributed by atoms with Gasteiger partial charge >= 0.3 is 5.97 Å². The molecule has 2 saturated heterocycles. The Kier molecular flexibility index (Phi) is 6.16. The largest absolute Gasteiger partial charge is 0.463 e. The number of aliphatic imine (C=N–C) groups is 1. The highest BCUT2D eigenvalue weighted by Gasteiger charge is 2.51. The van der Waals surface area contributed by atoms with Crippen LogP contribution in [-0.2, 0) is 19.1 Å². The molecule has 1 amide bonds. The molecule has 4 rings (SSSR count). The minimum absolute atomic E-state index is 0.0287. The first-order chi connectivity index (χ1) is 14.6. The van der Waals surface area contributed by atoms with E-state index in [0.29, 0.717) is 37.7 Å². The summed E-state index contributed by atoms with van der Waals surface area (Å²) >= 11 is 1.50. The molecule has 0 spiro atoms. The highest BCUT2D eigenvalue weighted by atomic mass is 32.1. The van der Waals surface area contributed by atoms with Crippen molar-refractivity contribution in [2.24, 2.45) is 16.3 Å². The third-order valence-corrected chi connectivity index (χ3v) is 6.72. The Balaban J connectivity index is 1.55. The minimum atomic E-state index is -0.346. The van der Waals surface area contributed by atoms with Gasteiger partial charge in [0.05, 0.1) is 25.3 Å². The van der Waals surface area contributed by atoms with E-state index in [0.717, 1.165) is 30.2 Å². The van der Waals surface area contributed by atoms with E-state index in [1.54, 1.807) is 20.2 Å². The summed E-state index contributed by atoms with van der Waals surface area (Å²) in [4.78, 5) is 35.9. The van der Waals surface area contributed by atoms with Gasteiger partial charge in [-0.1, -0.05) is 0 Å². The standard InChI is InChI=1S/C20H27N5O4S/c1-3-29-19(27)13-8-22-16(18-21-5-7-30-18)24-15(13)9-25-6-4-14-17(26)23-10-20(14,11-25)12-28-2/h5,7,14H,3-4,6,8-12H2,1-2H3,(H,22,24)(H,23,26). The zero-order valence-corrected chi connectivity index (χ0v) is 18.1. The average Bonchev–Trinajstić information content (AvgIpc) is 3.37. The number of amides is 1. The number of nitrogens with zero attached hydrogens (tertiary/aromatic N) is 3. The number of hydrogen-bond donors (Lipinski definition) is 2. The van der Waals surface area contributed by atoms with Gasteiger partial charge in [0, 0.05) is 55.4 Å². The second kappa shape index (κ2) is 8.83. The fraction of sp³-hybridized carbons (Fsp3) is 0.600. The van der Waals surface area contributed by atoms with Gasteiger partial charge in [0.25, 0.3) is 0 Å². The van der Waals surface area contributed by atoms with Gasteiger partial charge in [-0.15, -0.1) is 11.3 Å². The molecule has 3 aliphatic heterocycles. The van der Waals surface area contributed by atoms with E-state index < -0.39 is 0 Å². The predicted octanol–water partition coefficient (Wildman–Crippen LogP) is 0.395. The number of fused-ring (bicyclic) bond motifs is 1. The minimum Gasteiger partial charge on any atom is -0.463 e. The Bertz CT molecular complexity index is 869. The fourth-order valence-corrected chi connectivity index (χ4v) is 5.18. The molecule has 10 heteroatoms. The number of hydrogen-bond acceptors (Lipinski definition) is 9. The summed E-state index contributed by atoms with van der Waals surface area (Å²) in [5, 5.41) is 9.02. The van der Waals surface area contributed by atoms with E-state index in [1.165, 1.54) is 11.3 Å². The van der Waals surface area contributed by atoms with Crippen LogP contribution in [0.4, 0.5) is 0 Å². The molecule has 2 unspecified atom stereocenters. The molecule has 0 aromatic carbocycles. The Labute approximate surface area is 179 Å². The summed E-state index contributed by atoms with van der Waals surface area (Å²) in [7, 11) is 1.67. The number of ether oxygens (including phenoxy) is 2. The van der Waals surface area contributed by atoms with Gasteiger partial charge in [-0.05, 0) is 19.9 Å². The third-order valence-electron chi connectivity index (χ3n) is 5.94.